The van der Waals surface area contributed by atoms with E-state index in [4.69, 9.17) is 0 Å². The van der Waals surface area contributed by atoms with E-state index in [1.807, 2.05) is 0 Å². The lowest BCUT2D eigenvalue weighted by Gasteiger charge is -2.25. The highest BCUT2D eigenvalue weighted by Gasteiger charge is 2.39. The maximum absolute atomic E-state index is 2.53. The Balaban J connectivity index is 0.939. The van der Waals surface area contributed by atoms with Gasteiger partial charge in [-0.15, -0.1) is 0 Å². The molecule has 13 rings (SSSR count). The van der Waals surface area contributed by atoms with E-state index in [0.29, 0.717) is 0 Å². The van der Waals surface area contributed by atoms with E-state index in [2.05, 4.69) is 260 Å². The lowest BCUT2D eigenvalue weighted by atomic mass is 9.78. The predicted molar refractivity (Wildman–Crippen MR) is 292 cm³/mol. The maximum atomic E-state index is 2.53. The molecule has 0 spiro atoms. The zero-order valence-electron chi connectivity index (χ0n) is 40.3. The van der Waals surface area contributed by atoms with Gasteiger partial charge in [0, 0.05) is 16.2 Å². The molecule has 0 atom stereocenters. The van der Waals surface area contributed by atoms with Crippen LogP contribution in [-0.4, -0.2) is 0 Å². The minimum absolute atomic E-state index is 0.107. The molecule has 0 unspecified atom stereocenters. The molecule has 0 amide bonds. The second kappa shape index (κ2) is 15.1. The molecular formula is C69H54. The molecule has 3 aliphatic rings. The SMILES string of the molecule is CC1(C)c2cc(-c3ccccc3)ccc2-c2ccc(-c3ccc4c(c3)C(C)(C)c3cc(-c5c(-c6ccc7c(c6)C(C)(C)c6ccccc6-7)ccc(-c6ccccc6)c5-c5ccccc5)ccc3-4)cc21. The largest absolute Gasteiger partial charge is 0.0622 e. The topological polar surface area (TPSA) is 0 Å². The van der Waals surface area contributed by atoms with Crippen LogP contribution >= 0.6 is 0 Å². The van der Waals surface area contributed by atoms with Crippen LogP contribution in [0.3, 0.4) is 0 Å². The van der Waals surface area contributed by atoms with Gasteiger partial charge in [-0.25, -0.2) is 0 Å². The van der Waals surface area contributed by atoms with E-state index in [1.165, 1.54) is 134 Å². The summed E-state index contributed by atoms with van der Waals surface area (Å²) in [6.07, 6.45) is 0. The first kappa shape index (κ1) is 41.4. The Hall–Kier alpha value is -7.80. The summed E-state index contributed by atoms with van der Waals surface area (Å²) in [5.74, 6) is 0. The highest BCUT2D eigenvalue weighted by Crippen LogP contribution is 2.56. The standard InChI is InChI=1S/C69H54/c1-67(2)59-25-17-16-24-53(59)54-34-29-49(41-63(54)67)52-37-36-51(44-20-12-8-13-21-44)65(45-22-14-9-15-23-45)66(52)50-30-35-58-57-33-28-48(40-62(57)69(5,6)64(58)42-50)47-27-32-56-55-31-26-46(43-18-10-7-11-19-43)38-60(55)68(3,4)61(56)39-47/h7-42H,1-6H3. The fraction of sp³-hybridized carbons (Fsp3) is 0.130. The molecule has 0 aromatic heterocycles. The lowest BCUT2D eigenvalue weighted by Crippen LogP contribution is -2.15. The van der Waals surface area contributed by atoms with Crippen molar-refractivity contribution in [2.75, 3.05) is 0 Å². The van der Waals surface area contributed by atoms with Crippen LogP contribution in [0.25, 0.3) is 100 Å². The van der Waals surface area contributed by atoms with E-state index < -0.39 is 0 Å². The van der Waals surface area contributed by atoms with Gasteiger partial charge in [0.15, 0.2) is 0 Å². The normalized spacial score (nSPS) is 14.9. The van der Waals surface area contributed by atoms with Crippen molar-refractivity contribution in [3.63, 3.8) is 0 Å². The Kier molecular flexibility index (Phi) is 9.06. The van der Waals surface area contributed by atoms with Crippen LogP contribution < -0.4 is 0 Å². The second-order valence-corrected chi connectivity index (χ2v) is 21.2. The molecule has 0 heteroatoms. The van der Waals surface area contributed by atoms with Crippen LogP contribution in [0.5, 0.6) is 0 Å². The smallest absolute Gasteiger partial charge is 0.0159 e. The molecule has 3 aliphatic carbocycles. The summed E-state index contributed by atoms with van der Waals surface area (Å²) >= 11 is 0. The minimum Gasteiger partial charge on any atom is -0.0622 e. The van der Waals surface area contributed by atoms with Gasteiger partial charge in [0.25, 0.3) is 0 Å². The Morgan fingerprint density at radius 3 is 0.971 bits per heavy atom. The Bertz CT molecular complexity index is 3710. The Labute approximate surface area is 407 Å². The van der Waals surface area contributed by atoms with Crippen molar-refractivity contribution < 1.29 is 0 Å². The molecule has 0 heterocycles. The molecule has 0 saturated carbocycles. The third kappa shape index (κ3) is 6.21. The predicted octanol–water partition coefficient (Wildman–Crippen LogP) is 18.6. The summed E-state index contributed by atoms with van der Waals surface area (Å²) in [7, 11) is 0. The van der Waals surface area contributed by atoms with Crippen LogP contribution in [0.4, 0.5) is 0 Å². The third-order valence-electron chi connectivity index (χ3n) is 16.3. The van der Waals surface area contributed by atoms with E-state index in [9.17, 15) is 0 Å². The number of fused-ring (bicyclic) bond motifs is 9. The zero-order valence-corrected chi connectivity index (χ0v) is 40.3. The van der Waals surface area contributed by atoms with Crippen LogP contribution in [0, 0.1) is 0 Å². The van der Waals surface area contributed by atoms with Gasteiger partial charge in [-0.3, -0.25) is 0 Å². The van der Waals surface area contributed by atoms with Gasteiger partial charge < -0.3 is 0 Å². The van der Waals surface area contributed by atoms with Crippen molar-refractivity contribution in [3.8, 4) is 100 Å². The minimum atomic E-state index is -0.232. The number of hydrogen-bond acceptors (Lipinski definition) is 0. The van der Waals surface area contributed by atoms with Crippen molar-refractivity contribution in [2.24, 2.45) is 0 Å². The van der Waals surface area contributed by atoms with E-state index >= 15 is 0 Å². The molecule has 0 radical (unpaired) electrons. The lowest BCUT2D eigenvalue weighted by molar-refractivity contribution is 0.660. The average Bonchev–Trinajstić information content (AvgIpc) is 3.87. The molecule has 69 heavy (non-hydrogen) atoms. The first-order valence-electron chi connectivity index (χ1n) is 24.7. The van der Waals surface area contributed by atoms with Gasteiger partial charge in [0.1, 0.15) is 0 Å². The second-order valence-electron chi connectivity index (χ2n) is 21.2. The van der Waals surface area contributed by atoms with Crippen LogP contribution in [-0.2, 0) is 16.2 Å². The molecule has 10 aromatic carbocycles. The summed E-state index contributed by atoms with van der Waals surface area (Å²) in [4.78, 5) is 0. The van der Waals surface area contributed by atoms with Gasteiger partial charge in [-0.1, -0.05) is 230 Å². The van der Waals surface area contributed by atoms with E-state index in [0.717, 1.165) is 0 Å². The van der Waals surface area contributed by atoms with Crippen LogP contribution in [0.2, 0.25) is 0 Å². The molecular weight excluding hydrogens is 829 g/mol. The van der Waals surface area contributed by atoms with Crippen molar-refractivity contribution in [2.45, 2.75) is 57.8 Å². The fourth-order valence-electron chi connectivity index (χ4n) is 12.6. The maximum Gasteiger partial charge on any atom is 0.0159 e. The first-order valence-corrected chi connectivity index (χ1v) is 24.7. The summed E-state index contributed by atoms with van der Waals surface area (Å²) in [6.45, 7) is 14.4. The molecule has 0 fully saturated rings. The third-order valence-corrected chi connectivity index (χ3v) is 16.3. The average molecular weight is 883 g/mol. The summed E-state index contributed by atoms with van der Waals surface area (Å²) < 4.78 is 0. The van der Waals surface area contributed by atoms with Gasteiger partial charge in [0.05, 0.1) is 0 Å². The van der Waals surface area contributed by atoms with E-state index in [1.54, 1.807) is 0 Å². The summed E-state index contributed by atoms with van der Waals surface area (Å²) in [6, 6.07) is 82.5. The molecule has 0 nitrogen and oxygen atoms in total. The van der Waals surface area contributed by atoms with Gasteiger partial charge in [-0.2, -0.15) is 0 Å². The van der Waals surface area contributed by atoms with Crippen molar-refractivity contribution in [1.82, 2.24) is 0 Å². The molecule has 0 aliphatic heterocycles. The quantitative estimate of drug-likeness (QED) is 0.156. The highest BCUT2D eigenvalue weighted by molar-refractivity contribution is 6.03. The highest BCUT2D eigenvalue weighted by atomic mass is 14.4. The zero-order chi connectivity index (χ0) is 46.8. The van der Waals surface area contributed by atoms with Gasteiger partial charge >= 0.3 is 0 Å². The Morgan fingerprint density at radius 1 is 0.188 bits per heavy atom. The first-order chi connectivity index (χ1) is 33.5. The van der Waals surface area contributed by atoms with Gasteiger partial charge in [0.2, 0.25) is 0 Å². The monoisotopic (exact) mass is 882 g/mol. The van der Waals surface area contributed by atoms with Crippen molar-refractivity contribution >= 4 is 0 Å². The molecule has 330 valence electrons. The Morgan fingerprint density at radius 2 is 0.478 bits per heavy atom. The van der Waals surface area contributed by atoms with Gasteiger partial charge in [-0.05, 0) is 164 Å². The van der Waals surface area contributed by atoms with Crippen LogP contribution in [0.15, 0.2) is 218 Å². The van der Waals surface area contributed by atoms with Crippen LogP contribution in [0.1, 0.15) is 74.9 Å². The van der Waals surface area contributed by atoms with Crippen molar-refractivity contribution in [3.05, 3.63) is 252 Å². The summed E-state index contributed by atoms with van der Waals surface area (Å²) in [5, 5.41) is 0. The molecule has 0 saturated heterocycles. The molecule has 0 bridgehead atoms. The molecule has 0 N–H and O–H groups in total. The number of benzene rings is 10. The van der Waals surface area contributed by atoms with Crippen molar-refractivity contribution in [1.29, 1.82) is 0 Å². The molecule has 10 aromatic rings. The van der Waals surface area contributed by atoms with E-state index in [-0.39, 0.29) is 16.2 Å². The number of rotatable bonds is 6. The fourth-order valence-corrected chi connectivity index (χ4v) is 12.6. The summed E-state index contributed by atoms with van der Waals surface area (Å²) in [5.41, 5.74) is 30.9. The number of hydrogen-bond donors (Lipinski definition) is 0.